The molecule has 0 bridgehead atoms. The number of nitrogens with zero attached hydrogens (tertiary/aromatic N) is 1. The van der Waals surface area contributed by atoms with Crippen LogP contribution in [0.3, 0.4) is 0 Å². The number of benzene rings is 1. The van der Waals surface area contributed by atoms with Crippen molar-refractivity contribution >= 4 is 11.8 Å². The predicted octanol–water partition coefficient (Wildman–Crippen LogP) is 3.45. The first-order chi connectivity index (χ1) is 8.69. The maximum Gasteiger partial charge on any atom is 0.101 e. The van der Waals surface area contributed by atoms with E-state index >= 15 is 0 Å². The van der Waals surface area contributed by atoms with Crippen molar-refractivity contribution in [1.82, 2.24) is 4.98 Å². The van der Waals surface area contributed by atoms with Crippen molar-refractivity contribution in [3.05, 3.63) is 58.8 Å². The Hall–Kier alpha value is -1.32. The van der Waals surface area contributed by atoms with Gasteiger partial charge in [0.25, 0.3) is 0 Å². The highest BCUT2D eigenvalue weighted by molar-refractivity contribution is 7.98. The van der Waals surface area contributed by atoms with Gasteiger partial charge in [0.2, 0.25) is 0 Å². The molecule has 0 aliphatic heterocycles. The van der Waals surface area contributed by atoms with E-state index in [0.717, 1.165) is 16.3 Å². The second kappa shape index (κ2) is 6.03. The fraction of sp³-hybridized carbons (Fsp3) is 0.267. The molecule has 2 rings (SSSR count). The number of rotatable bonds is 4. The van der Waals surface area contributed by atoms with Crippen molar-refractivity contribution in [2.45, 2.75) is 31.2 Å². The number of aryl methyl sites for hydroxylation is 2. The fourth-order valence-electron chi connectivity index (χ4n) is 2.01. The maximum atomic E-state index is 5.71. The van der Waals surface area contributed by atoms with E-state index in [4.69, 9.17) is 5.73 Å². The molecule has 2 N–H and O–H groups in total. The van der Waals surface area contributed by atoms with E-state index in [1.807, 2.05) is 18.3 Å². The molecule has 0 amide bonds. The Balaban J connectivity index is 2.11. The van der Waals surface area contributed by atoms with Crippen molar-refractivity contribution < 1.29 is 0 Å². The van der Waals surface area contributed by atoms with Gasteiger partial charge in [-0.25, -0.2) is 4.98 Å². The van der Waals surface area contributed by atoms with Gasteiger partial charge >= 0.3 is 0 Å². The van der Waals surface area contributed by atoms with Gasteiger partial charge in [-0.1, -0.05) is 35.4 Å². The molecule has 0 spiro atoms. The van der Waals surface area contributed by atoms with Crippen LogP contribution >= 0.6 is 11.8 Å². The minimum Gasteiger partial charge on any atom is -0.326 e. The van der Waals surface area contributed by atoms with Crippen LogP contribution in [0.1, 0.15) is 22.3 Å². The molecule has 0 unspecified atom stereocenters. The van der Waals surface area contributed by atoms with E-state index in [2.05, 4.69) is 37.0 Å². The van der Waals surface area contributed by atoms with Crippen molar-refractivity contribution in [2.75, 3.05) is 0 Å². The van der Waals surface area contributed by atoms with Gasteiger partial charge in [-0.05, 0) is 31.0 Å². The Morgan fingerprint density at radius 2 is 1.89 bits per heavy atom. The van der Waals surface area contributed by atoms with Crippen LogP contribution in [0.4, 0.5) is 0 Å². The van der Waals surface area contributed by atoms with E-state index in [0.29, 0.717) is 6.54 Å². The molecule has 94 valence electrons. The van der Waals surface area contributed by atoms with Crippen LogP contribution in [0.5, 0.6) is 0 Å². The molecular formula is C15H18N2S. The van der Waals surface area contributed by atoms with Crippen molar-refractivity contribution in [1.29, 1.82) is 0 Å². The standard InChI is InChI=1S/C15H18N2S/c1-11-6-12(2)8-13(7-11)10-18-15-14(9-16)4-3-5-17-15/h3-8H,9-10,16H2,1-2H3. The van der Waals surface area contributed by atoms with Crippen molar-refractivity contribution in [2.24, 2.45) is 5.73 Å². The number of aromatic nitrogens is 1. The third-order valence-electron chi connectivity index (χ3n) is 2.73. The van der Waals surface area contributed by atoms with Gasteiger partial charge in [0.1, 0.15) is 5.03 Å². The molecule has 0 saturated carbocycles. The third-order valence-corrected chi connectivity index (χ3v) is 3.85. The second-order valence-electron chi connectivity index (χ2n) is 4.46. The first-order valence-electron chi connectivity index (χ1n) is 6.03. The van der Waals surface area contributed by atoms with Gasteiger partial charge in [0.05, 0.1) is 0 Å². The number of pyridine rings is 1. The smallest absolute Gasteiger partial charge is 0.101 e. The minimum atomic E-state index is 0.545. The number of hydrogen-bond acceptors (Lipinski definition) is 3. The molecule has 18 heavy (non-hydrogen) atoms. The highest BCUT2D eigenvalue weighted by atomic mass is 32.2. The Morgan fingerprint density at radius 1 is 1.17 bits per heavy atom. The monoisotopic (exact) mass is 258 g/mol. The zero-order valence-electron chi connectivity index (χ0n) is 10.8. The molecule has 0 saturated heterocycles. The molecule has 3 heteroatoms. The van der Waals surface area contributed by atoms with Crippen LogP contribution in [0.2, 0.25) is 0 Å². The first-order valence-corrected chi connectivity index (χ1v) is 7.01. The van der Waals surface area contributed by atoms with Gasteiger partial charge in [0.15, 0.2) is 0 Å². The quantitative estimate of drug-likeness (QED) is 0.854. The third kappa shape index (κ3) is 3.34. The lowest BCUT2D eigenvalue weighted by Crippen LogP contribution is -1.99. The summed E-state index contributed by atoms with van der Waals surface area (Å²) in [7, 11) is 0. The largest absolute Gasteiger partial charge is 0.326 e. The predicted molar refractivity (Wildman–Crippen MR) is 77.6 cm³/mol. The highest BCUT2D eigenvalue weighted by Crippen LogP contribution is 2.24. The molecule has 2 aromatic rings. The Bertz CT molecular complexity index is 518. The first kappa shape index (κ1) is 13.1. The average molecular weight is 258 g/mol. The number of nitrogens with two attached hydrogens (primary N) is 1. The summed E-state index contributed by atoms with van der Waals surface area (Å²) in [5.74, 6) is 0.937. The lowest BCUT2D eigenvalue weighted by Gasteiger charge is -2.07. The fourth-order valence-corrected chi connectivity index (χ4v) is 2.96. The average Bonchev–Trinajstić information content (AvgIpc) is 2.35. The van der Waals surface area contributed by atoms with Crippen molar-refractivity contribution in [3.63, 3.8) is 0 Å². The SMILES string of the molecule is Cc1cc(C)cc(CSc2ncccc2CN)c1. The van der Waals surface area contributed by atoms with Crippen LogP contribution < -0.4 is 5.73 Å². The minimum absolute atomic E-state index is 0.545. The summed E-state index contributed by atoms with van der Waals surface area (Å²) in [4.78, 5) is 4.39. The topological polar surface area (TPSA) is 38.9 Å². The Morgan fingerprint density at radius 3 is 2.56 bits per heavy atom. The molecule has 0 fully saturated rings. The second-order valence-corrected chi connectivity index (χ2v) is 5.42. The number of hydrogen-bond donors (Lipinski definition) is 1. The lowest BCUT2D eigenvalue weighted by molar-refractivity contribution is 0.962. The van der Waals surface area contributed by atoms with E-state index in [-0.39, 0.29) is 0 Å². The van der Waals surface area contributed by atoms with E-state index in [1.165, 1.54) is 16.7 Å². The summed E-state index contributed by atoms with van der Waals surface area (Å²) in [6.07, 6.45) is 1.82. The van der Waals surface area contributed by atoms with Crippen LogP contribution in [0, 0.1) is 13.8 Å². The van der Waals surface area contributed by atoms with E-state index in [1.54, 1.807) is 11.8 Å². The molecule has 0 aliphatic carbocycles. The van der Waals surface area contributed by atoms with Crippen LogP contribution in [0.15, 0.2) is 41.6 Å². The lowest BCUT2D eigenvalue weighted by atomic mass is 10.1. The van der Waals surface area contributed by atoms with E-state index < -0.39 is 0 Å². The number of thioether (sulfide) groups is 1. The van der Waals surface area contributed by atoms with Gasteiger partial charge in [-0.2, -0.15) is 0 Å². The molecule has 0 radical (unpaired) electrons. The van der Waals surface area contributed by atoms with Crippen molar-refractivity contribution in [3.8, 4) is 0 Å². The summed E-state index contributed by atoms with van der Waals surface area (Å²) in [6.45, 7) is 4.81. The van der Waals surface area contributed by atoms with Crippen LogP contribution in [-0.2, 0) is 12.3 Å². The molecule has 0 aliphatic rings. The summed E-state index contributed by atoms with van der Waals surface area (Å²) in [5.41, 5.74) is 10.8. The zero-order valence-corrected chi connectivity index (χ0v) is 11.6. The van der Waals surface area contributed by atoms with Gasteiger partial charge in [-0.15, -0.1) is 11.8 Å². The Kier molecular flexibility index (Phi) is 4.39. The summed E-state index contributed by atoms with van der Waals surface area (Å²) < 4.78 is 0. The molecule has 0 atom stereocenters. The summed E-state index contributed by atoms with van der Waals surface area (Å²) in [6, 6.07) is 10.6. The molecular weight excluding hydrogens is 240 g/mol. The summed E-state index contributed by atoms with van der Waals surface area (Å²) >= 11 is 1.75. The highest BCUT2D eigenvalue weighted by Gasteiger charge is 2.03. The summed E-state index contributed by atoms with van der Waals surface area (Å²) in [5, 5.41) is 1.04. The maximum absolute atomic E-state index is 5.71. The normalized spacial score (nSPS) is 10.6. The molecule has 1 aromatic carbocycles. The van der Waals surface area contributed by atoms with Crippen LogP contribution in [0.25, 0.3) is 0 Å². The molecule has 1 aromatic heterocycles. The molecule has 1 heterocycles. The van der Waals surface area contributed by atoms with E-state index in [9.17, 15) is 0 Å². The van der Waals surface area contributed by atoms with Gasteiger partial charge < -0.3 is 5.73 Å². The van der Waals surface area contributed by atoms with Gasteiger partial charge in [0, 0.05) is 18.5 Å². The zero-order chi connectivity index (χ0) is 13.0. The molecule has 2 nitrogen and oxygen atoms in total. The van der Waals surface area contributed by atoms with Crippen LogP contribution in [-0.4, -0.2) is 4.98 Å². The Labute approximate surface area is 113 Å². The van der Waals surface area contributed by atoms with Gasteiger partial charge in [-0.3, -0.25) is 0 Å².